The van der Waals surface area contributed by atoms with Crippen LogP contribution in [0.5, 0.6) is 0 Å². The Hall–Kier alpha value is -2.58. The SMILES string of the molecule is CC[C@H](c1nnnn1C[C@H]1CCCO1)N(Cc1cc2cc(C)ccc2[nH]c1=O)C1CCCCC1. The van der Waals surface area contributed by atoms with Crippen molar-refractivity contribution in [2.75, 3.05) is 6.61 Å². The lowest BCUT2D eigenvalue weighted by Crippen LogP contribution is -2.41. The molecule has 5 rings (SSSR count). The molecule has 8 nitrogen and oxygen atoms in total. The van der Waals surface area contributed by atoms with Crippen molar-refractivity contribution in [3.05, 3.63) is 51.6 Å². The van der Waals surface area contributed by atoms with Gasteiger partial charge in [0.15, 0.2) is 5.82 Å². The Kier molecular flexibility index (Phi) is 7.06. The third kappa shape index (κ3) is 4.93. The Bertz CT molecular complexity index is 1160. The van der Waals surface area contributed by atoms with Gasteiger partial charge in [-0.25, -0.2) is 4.68 Å². The van der Waals surface area contributed by atoms with Crippen LogP contribution in [0.25, 0.3) is 10.9 Å². The fraction of sp³-hybridized carbons (Fsp3) is 0.615. The highest BCUT2D eigenvalue weighted by Gasteiger charge is 2.32. The number of H-pyrrole nitrogens is 1. The van der Waals surface area contributed by atoms with Crippen LogP contribution in [0.4, 0.5) is 0 Å². The number of aromatic amines is 1. The molecule has 0 amide bonds. The number of benzene rings is 1. The number of ether oxygens (including phenoxy) is 1. The molecule has 8 heteroatoms. The average Bonchev–Trinajstić information content (AvgIpc) is 3.53. The van der Waals surface area contributed by atoms with Crippen molar-refractivity contribution in [1.82, 2.24) is 30.1 Å². The number of aromatic nitrogens is 5. The number of fused-ring (bicyclic) bond motifs is 1. The lowest BCUT2D eigenvalue weighted by Gasteiger charge is -2.39. The second kappa shape index (κ2) is 10.4. The number of pyridine rings is 1. The van der Waals surface area contributed by atoms with Crippen LogP contribution < -0.4 is 5.56 Å². The zero-order valence-electron chi connectivity index (χ0n) is 20.4. The molecule has 2 atom stereocenters. The van der Waals surface area contributed by atoms with Crippen molar-refractivity contribution in [3.63, 3.8) is 0 Å². The van der Waals surface area contributed by atoms with Gasteiger partial charge in [-0.2, -0.15) is 0 Å². The van der Waals surface area contributed by atoms with Crippen molar-refractivity contribution in [1.29, 1.82) is 0 Å². The second-order valence-electron chi connectivity index (χ2n) is 9.96. The first-order valence-corrected chi connectivity index (χ1v) is 12.9. The minimum Gasteiger partial charge on any atom is -0.376 e. The molecule has 1 N–H and O–H groups in total. The number of nitrogens with zero attached hydrogens (tertiary/aromatic N) is 5. The van der Waals surface area contributed by atoms with E-state index in [4.69, 9.17) is 4.74 Å². The first-order valence-electron chi connectivity index (χ1n) is 12.9. The van der Waals surface area contributed by atoms with E-state index >= 15 is 0 Å². The Morgan fingerprint density at radius 3 is 2.79 bits per heavy atom. The van der Waals surface area contributed by atoms with E-state index in [2.05, 4.69) is 51.4 Å². The van der Waals surface area contributed by atoms with E-state index in [-0.39, 0.29) is 17.7 Å². The molecule has 1 aromatic carbocycles. The molecule has 2 aliphatic rings. The molecule has 1 saturated heterocycles. The zero-order valence-corrected chi connectivity index (χ0v) is 20.4. The number of tetrazole rings is 1. The van der Waals surface area contributed by atoms with Crippen LogP contribution in [0.15, 0.2) is 29.1 Å². The largest absolute Gasteiger partial charge is 0.376 e. The van der Waals surface area contributed by atoms with Crippen LogP contribution in [-0.4, -0.2) is 48.8 Å². The van der Waals surface area contributed by atoms with Gasteiger partial charge in [0.2, 0.25) is 0 Å². The maximum Gasteiger partial charge on any atom is 0.252 e. The summed E-state index contributed by atoms with van der Waals surface area (Å²) in [4.78, 5) is 18.7. The van der Waals surface area contributed by atoms with Crippen LogP contribution >= 0.6 is 0 Å². The number of nitrogens with one attached hydrogen (secondary N) is 1. The van der Waals surface area contributed by atoms with Gasteiger partial charge in [-0.3, -0.25) is 9.69 Å². The van der Waals surface area contributed by atoms with Gasteiger partial charge in [0.1, 0.15) is 0 Å². The molecular weight excluding hydrogens is 428 g/mol. The number of aryl methyl sites for hydroxylation is 1. The summed E-state index contributed by atoms with van der Waals surface area (Å²) in [5.74, 6) is 0.886. The Labute approximate surface area is 200 Å². The van der Waals surface area contributed by atoms with Gasteiger partial charge in [-0.05, 0) is 73.0 Å². The van der Waals surface area contributed by atoms with E-state index in [0.29, 0.717) is 19.1 Å². The van der Waals surface area contributed by atoms with Gasteiger partial charge in [0, 0.05) is 30.3 Å². The molecule has 1 saturated carbocycles. The molecular formula is C26H36N6O2. The van der Waals surface area contributed by atoms with Crippen molar-refractivity contribution in [2.24, 2.45) is 0 Å². The van der Waals surface area contributed by atoms with Crippen LogP contribution in [-0.2, 0) is 17.8 Å². The molecule has 0 unspecified atom stereocenters. The molecule has 3 aromatic rings. The standard InChI is InChI=1S/C26H36N6O2/c1-3-24(25-28-29-30-32(25)17-22-10-7-13-34-22)31(21-8-5-4-6-9-21)16-20-15-19-14-18(2)11-12-23(19)27-26(20)33/h11-12,14-15,21-22,24H,3-10,13,16-17H2,1-2H3,(H,27,33)/t22-,24-/m1/s1. The van der Waals surface area contributed by atoms with E-state index in [1.54, 1.807) is 0 Å². The predicted octanol–water partition coefficient (Wildman–Crippen LogP) is 4.29. The molecule has 3 heterocycles. The summed E-state index contributed by atoms with van der Waals surface area (Å²) in [6.07, 6.45) is 9.24. The van der Waals surface area contributed by atoms with Crippen LogP contribution in [0, 0.1) is 6.92 Å². The molecule has 0 bridgehead atoms. The van der Waals surface area contributed by atoms with Gasteiger partial charge in [-0.15, -0.1) is 5.10 Å². The molecule has 182 valence electrons. The summed E-state index contributed by atoms with van der Waals surface area (Å²) in [6.45, 7) is 6.37. The normalized spacial score (nSPS) is 20.4. The maximum absolute atomic E-state index is 13.1. The van der Waals surface area contributed by atoms with E-state index in [9.17, 15) is 4.79 Å². The van der Waals surface area contributed by atoms with Crippen LogP contribution in [0.3, 0.4) is 0 Å². The van der Waals surface area contributed by atoms with Gasteiger partial charge in [0.05, 0.1) is 18.7 Å². The maximum atomic E-state index is 13.1. The number of hydrogen-bond acceptors (Lipinski definition) is 6. The zero-order chi connectivity index (χ0) is 23.5. The van der Waals surface area contributed by atoms with Gasteiger partial charge in [0.25, 0.3) is 5.56 Å². The molecule has 34 heavy (non-hydrogen) atoms. The Morgan fingerprint density at radius 2 is 2.03 bits per heavy atom. The van der Waals surface area contributed by atoms with E-state index in [1.807, 2.05) is 16.8 Å². The third-order valence-corrected chi connectivity index (χ3v) is 7.52. The smallest absolute Gasteiger partial charge is 0.252 e. The highest BCUT2D eigenvalue weighted by Crippen LogP contribution is 2.33. The second-order valence-corrected chi connectivity index (χ2v) is 9.96. The molecule has 2 fully saturated rings. The van der Waals surface area contributed by atoms with Crippen molar-refractivity contribution in [2.45, 2.75) is 96.5 Å². The topological polar surface area (TPSA) is 88.9 Å². The molecule has 0 spiro atoms. The van der Waals surface area contributed by atoms with Crippen LogP contribution in [0.1, 0.15) is 81.3 Å². The summed E-state index contributed by atoms with van der Waals surface area (Å²) in [6, 6.07) is 8.69. The summed E-state index contributed by atoms with van der Waals surface area (Å²) in [7, 11) is 0. The third-order valence-electron chi connectivity index (χ3n) is 7.52. The van der Waals surface area contributed by atoms with E-state index in [1.165, 1.54) is 24.8 Å². The van der Waals surface area contributed by atoms with Gasteiger partial charge < -0.3 is 9.72 Å². The fourth-order valence-corrected chi connectivity index (χ4v) is 5.72. The van der Waals surface area contributed by atoms with Crippen LogP contribution in [0.2, 0.25) is 0 Å². The summed E-state index contributed by atoms with van der Waals surface area (Å²) < 4.78 is 7.80. The monoisotopic (exact) mass is 464 g/mol. The minimum atomic E-state index is -0.00837. The quantitative estimate of drug-likeness (QED) is 0.535. The highest BCUT2D eigenvalue weighted by atomic mass is 16.5. The predicted molar refractivity (Wildman–Crippen MR) is 132 cm³/mol. The van der Waals surface area contributed by atoms with Crippen molar-refractivity contribution >= 4 is 10.9 Å². The molecule has 0 radical (unpaired) electrons. The highest BCUT2D eigenvalue weighted by molar-refractivity contribution is 5.79. The summed E-state index contributed by atoms with van der Waals surface area (Å²) in [5, 5.41) is 13.9. The van der Waals surface area contributed by atoms with E-state index < -0.39 is 0 Å². The Balaban J connectivity index is 1.48. The summed E-state index contributed by atoms with van der Waals surface area (Å²) in [5.41, 5.74) is 2.87. The minimum absolute atomic E-state index is 0.00837. The number of hydrogen-bond donors (Lipinski definition) is 1. The van der Waals surface area contributed by atoms with E-state index in [0.717, 1.165) is 61.0 Å². The lowest BCUT2D eigenvalue weighted by atomic mass is 9.92. The fourth-order valence-electron chi connectivity index (χ4n) is 5.72. The molecule has 2 aromatic heterocycles. The van der Waals surface area contributed by atoms with Gasteiger partial charge >= 0.3 is 0 Å². The van der Waals surface area contributed by atoms with Crippen molar-refractivity contribution < 1.29 is 4.74 Å². The van der Waals surface area contributed by atoms with Gasteiger partial charge in [-0.1, -0.05) is 37.8 Å². The average molecular weight is 465 g/mol. The van der Waals surface area contributed by atoms with Crippen molar-refractivity contribution in [3.8, 4) is 0 Å². The Morgan fingerprint density at radius 1 is 1.18 bits per heavy atom. The first kappa shape index (κ1) is 23.2. The summed E-state index contributed by atoms with van der Waals surface area (Å²) >= 11 is 0. The molecule has 1 aliphatic heterocycles. The number of rotatable bonds is 8. The lowest BCUT2D eigenvalue weighted by molar-refractivity contribution is 0.0734. The molecule has 1 aliphatic carbocycles. The first-order chi connectivity index (χ1) is 16.6.